The van der Waals surface area contributed by atoms with Crippen LogP contribution in [0.4, 0.5) is 4.39 Å². The largest absolute Gasteiger partial charge is 0.355 e. The molecule has 5 nitrogen and oxygen atoms in total. The number of hydrogen-bond donors (Lipinski definition) is 1. The first-order chi connectivity index (χ1) is 12.7. The molecule has 0 radical (unpaired) electrons. The Morgan fingerprint density at radius 1 is 1.22 bits per heavy atom. The van der Waals surface area contributed by atoms with Crippen LogP contribution in [-0.2, 0) is 14.8 Å². The fourth-order valence-corrected chi connectivity index (χ4v) is 4.93. The molecule has 1 heterocycles. The number of amides is 1. The van der Waals surface area contributed by atoms with Gasteiger partial charge in [-0.15, -0.1) is 0 Å². The molecular formula is C20H31FN2O3S. The van der Waals surface area contributed by atoms with Crippen molar-refractivity contribution in [2.45, 2.75) is 52.4 Å². The summed E-state index contributed by atoms with van der Waals surface area (Å²) in [6, 6.07) is 4.94. The number of aryl methyl sites for hydroxylation is 1. The van der Waals surface area contributed by atoms with Crippen LogP contribution in [0.25, 0.3) is 0 Å². The standard InChI is InChI=1S/C20H31FN2O3S/c1-15(2)18(17-7-8-19(21)16(3)13-17)14-20(24)22-9-12-27(25,26)23-10-5-4-6-11-23/h7-8,13,15,18H,4-6,9-12,14H2,1-3H3,(H,22,24). The number of hydrogen-bond acceptors (Lipinski definition) is 3. The van der Waals surface area contributed by atoms with Gasteiger partial charge in [-0.25, -0.2) is 17.1 Å². The SMILES string of the molecule is Cc1cc(C(CC(=O)NCCS(=O)(=O)N2CCCCC2)C(C)C)ccc1F. The lowest BCUT2D eigenvalue weighted by molar-refractivity contribution is -0.121. The van der Waals surface area contributed by atoms with E-state index in [-0.39, 0.29) is 42.3 Å². The lowest BCUT2D eigenvalue weighted by atomic mass is 9.85. The third-order valence-corrected chi connectivity index (χ3v) is 7.08. The van der Waals surface area contributed by atoms with E-state index >= 15 is 0 Å². The van der Waals surface area contributed by atoms with Crippen LogP contribution in [0.1, 0.15) is 56.6 Å². The van der Waals surface area contributed by atoms with E-state index in [0.29, 0.717) is 18.7 Å². The molecule has 1 amide bonds. The zero-order valence-corrected chi connectivity index (χ0v) is 17.3. The van der Waals surface area contributed by atoms with Gasteiger partial charge in [-0.05, 0) is 48.8 Å². The fourth-order valence-electron chi connectivity index (χ4n) is 3.50. The minimum atomic E-state index is -3.31. The third kappa shape index (κ3) is 6.28. The minimum Gasteiger partial charge on any atom is -0.355 e. The van der Waals surface area contributed by atoms with Crippen molar-refractivity contribution in [1.82, 2.24) is 9.62 Å². The van der Waals surface area contributed by atoms with Crippen LogP contribution in [0.3, 0.4) is 0 Å². The van der Waals surface area contributed by atoms with Crippen molar-refractivity contribution < 1.29 is 17.6 Å². The molecule has 0 saturated carbocycles. The molecule has 1 fully saturated rings. The molecule has 1 saturated heterocycles. The molecular weight excluding hydrogens is 367 g/mol. The predicted molar refractivity (Wildman–Crippen MR) is 106 cm³/mol. The molecule has 152 valence electrons. The summed E-state index contributed by atoms with van der Waals surface area (Å²) < 4.78 is 39.7. The van der Waals surface area contributed by atoms with Crippen LogP contribution in [0.15, 0.2) is 18.2 Å². The Hall–Kier alpha value is -1.47. The van der Waals surface area contributed by atoms with Crippen molar-refractivity contribution >= 4 is 15.9 Å². The smallest absolute Gasteiger partial charge is 0.220 e. The van der Waals surface area contributed by atoms with Crippen LogP contribution in [0.5, 0.6) is 0 Å². The van der Waals surface area contributed by atoms with Gasteiger partial charge in [-0.1, -0.05) is 32.4 Å². The molecule has 0 aromatic heterocycles. The lowest BCUT2D eigenvalue weighted by Gasteiger charge is -2.26. The van der Waals surface area contributed by atoms with Crippen LogP contribution in [-0.4, -0.2) is 44.0 Å². The van der Waals surface area contributed by atoms with Crippen molar-refractivity contribution in [2.24, 2.45) is 5.92 Å². The quantitative estimate of drug-likeness (QED) is 0.731. The van der Waals surface area contributed by atoms with Gasteiger partial charge in [0.1, 0.15) is 5.82 Å². The maximum atomic E-state index is 13.5. The van der Waals surface area contributed by atoms with E-state index in [2.05, 4.69) is 5.32 Å². The Kier molecular flexibility index (Phi) is 7.79. The molecule has 1 aliphatic heterocycles. The molecule has 27 heavy (non-hydrogen) atoms. The normalized spacial score (nSPS) is 17.1. The highest BCUT2D eigenvalue weighted by Crippen LogP contribution is 2.29. The zero-order chi connectivity index (χ0) is 20.0. The summed E-state index contributed by atoms with van der Waals surface area (Å²) in [5.74, 6) is -0.334. The van der Waals surface area contributed by atoms with Crippen molar-refractivity contribution in [3.8, 4) is 0 Å². The number of carbonyl (C=O) groups excluding carboxylic acids is 1. The number of sulfonamides is 1. The third-order valence-electron chi connectivity index (χ3n) is 5.21. The first-order valence-electron chi connectivity index (χ1n) is 9.71. The van der Waals surface area contributed by atoms with Crippen molar-refractivity contribution in [3.05, 3.63) is 35.1 Å². The van der Waals surface area contributed by atoms with E-state index in [1.54, 1.807) is 19.1 Å². The summed E-state index contributed by atoms with van der Waals surface area (Å²) in [5, 5.41) is 2.74. The summed E-state index contributed by atoms with van der Waals surface area (Å²) in [4.78, 5) is 12.4. The highest BCUT2D eigenvalue weighted by atomic mass is 32.2. The van der Waals surface area contributed by atoms with Gasteiger partial charge < -0.3 is 5.32 Å². The molecule has 1 aliphatic rings. The number of carbonyl (C=O) groups is 1. The van der Waals surface area contributed by atoms with Gasteiger partial charge in [0, 0.05) is 26.1 Å². The first kappa shape index (κ1) is 21.8. The van der Waals surface area contributed by atoms with Gasteiger partial charge in [0.05, 0.1) is 5.75 Å². The first-order valence-corrected chi connectivity index (χ1v) is 11.3. The van der Waals surface area contributed by atoms with Gasteiger partial charge in [-0.3, -0.25) is 4.79 Å². The molecule has 7 heteroatoms. The van der Waals surface area contributed by atoms with Gasteiger partial charge >= 0.3 is 0 Å². The minimum absolute atomic E-state index is 0.0389. The van der Waals surface area contributed by atoms with Crippen LogP contribution in [0.2, 0.25) is 0 Å². The Balaban J connectivity index is 1.89. The van der Waals surface area contributed by atoms with Crippen molar-refractivity contribution in [1.29, 1.82) is 0 Å². The average molecular weight is 399 g/mol. The molecule has 2 rings (SSSR count). The molecule has 1 atom stereocenters. The molecule has 1 unspecified atom stereocenters. The van der Waals surface area contributed by atoms with E-state index in [1.807, 2.05) is 13.8 Å². The van der Waals surface area contributed by atoms with E-state index in [1.165, 1.54) is 10.4 Å². The van der Waals surface area contributed by atoms with Gasteiger partial charge in [0.25, 0.3) is 0 Å². The molecule has 0 aliphatic carbocycles. The molecule has 1 aromatic rings. The van der Waals surface area contributed by atoms with Crippen LogP contribution >= 0.6 is 0 Å². The zero-order valence-electron chi connectivity index (χ0n) is 16.5. The fraction of sp³-hybridized carbons (Fsp3) is 0.650. The highest BCUT2D eigenvalue weighted by molar-refractivity contribution is 7.89. The summed E-state index contributed by atoms with van der Waals surface area (Å²) >= 11 is 0. The van der Waals surface area contributed by atoms with E-state index in [9.17, 15) is 17.6 Å². The monoisotopic (exact) mass is 398 g/mol. The van der Waals surface area contributed by atoms with Gasteiger partial charge in [0.15, 0.2) is 0 Å². The summed E-state index contributed by atoms with van der Waals surface area (Å²) in [7, 11) is -3.31. The maximum Gasteiger partial charge on any atom is 0.220 e. The number of rotatable bonds is 8. The van der Waals surface area contributed by atoms with E-state index in [0.717, 1.165) is 24.8 Å². The number of nitrogens with one attached hydrogen (secondary N) is 1. The van der Waals surface area contributed by atoms with Crippen LogP contribution in [0, 0.1) is 18.7 Å². The average Bonchev–Trinajstić information content (AvgIpc) is 2.62. The van der Waals surface area contributed by atoms with Gasteiger partial charge in [-0.2, -0.15) is 0 Å². The topological polar surface area (TPSA) is 66.5 Å². The van der Waals surface area contributed by atoms with Crippen molar-refractivity contribution in [2.75, 3.05) is 25.4 Å². The maximum absolute atomic E-state index is 13.5. The second-order valence-electron chi connectivity index (χ2n) is 7.69. The van der Waals surface area contributed by atoms with Crippen molar-refractivity contribution in [3.63, 3.8) is 0 Å². The summed E-state index contributed by atoms with van der Waals surface area (Å²) in [6.07, 6.45) is 3.13. The highest BCUT2D eigenvalue weighted by Gasteiger charge is 2.24. The Labute approximate surface area is 162 Å². The number of nitrogens with zero attached hydrogens (tertiary/aromatic N) is 1. The molecule has 1 N–H and O–H groups in total. The second-order valence-corrected chi connectivity index (χ2v) is 9.78. The lowest BCUT2D eigenvalue weighted by Crippen LogP contribution is -2.40. The molecule has 0 bridgehead atoms. The number of benzene rings is 1. The summed E-state index contributed by atoms with van der Waals surface area (Å²) in [6.45, 7) is 7.03. The Bertz CT molecular complexity index is 744. The molecule has 1 aromatic carbocycles. The van der Waals surface area contributed by atoms with E-state index in [4.69, 9.17) is 0 Å². The Morgan fingerprint density at radius 2 is 1.89 bits per heavy atom. The van der Waals surface area contributed by atoms with Crippen LogP contribution < -0.4 is 5.32 Å². The van der Waals surface area contributed by atoms with E-state index < -0.39 is 10.0 Å². The Morgan fingerprint density at radius 3 is 2.48 bits per heavy atom. The van der Waals surface area contributed by atoms with Gasteiger partial charge in [0.2, 0.25) is 15.9 Å². The summed E-state index contributed by atoms with van der Waals surface area (Å²) in [5.41, 5.74) is 1.49. The predicted octanol–water partition coefficient (Wildman–Crippen LogP) is 3.20. The number of halogens is 1. The number of piperidine rings is 1. The second kappa shape index (κ2) is 9.64. The molecule has 0 spiro atoms.